The molecule has 1 atom stereocenters. The van der Waals surface area contributed by atoms with Crippen molar-refractivity contribution in [1.82, 2.24) is 9.88 Å². The summed E-state index contributed by atoms with van der Waals surface area (Å²) in [6, 6.07) is 2.68. The monoisotopic (exact) mass is 325 g/mol. The molecule has 1 aromatic rings. The summed E-state index contributed by atoms with van der Waals surface area (Å²) >= 11 is 3.44. The Kier molecular flexibility index (Phi) is 5.22. The Bertz CT molecular complexity index is 414. The summed E-state index contributed by atoms with van der Waals surface area (Å²) in [6.45, 7) is 10.3. The van der Waals surface area contributed by atoms with E-state index in [2.05, 4.69) is 58.0 Å². The highest BCUT2D eigenvalue weighted by atomic mass is 79.9. The maximum absolute atomic E-state index is 4.35. The van der Waals surface area contributed by atoms with Gasteiger partial charge in [0.2, 0.25) is 0 Å². The van der Waals surface area contributed by atoms with Crippen LogP contribution in [-0.4, -0.2) is 35.6 Å². The van der Waals surface area contributed by atoms with Gasteiger partial charge in [-0.05, 0) is 79.8 Å². The second-order valence-corrected chi connectivity index (χ2v) is 6.29. The van der Waals surface area contributed by atoms with Gasteiger partial charge in [0.15, 0.2) is 0 Å². The van der Waals surface area contributed by atoms with E-state index in [0.717, 1.165) is 16.2 Å². The van der Waals surface area contributed by atoms with Crippen LogP contribution in [0.3, 0.4) is 0 Å². The topological polar surface area (TPSA) is 28.2 Å². The molecule has 0 aromatic carbocycles. The fourth-order valence-electron chi connectivity index (χ4n) is 2.79. The molecule has 1 N–H and O–H groups in total. The Labute approximate surface area is 124 Å². The SMILES string of the molecule is CCN1CCC(C(C)Nc2cnc(Br)c(C)c2)CC1. The van der Waals surface area contributed by atoms with E-state index < -0.39 is 0 Å². The van der Waals surface area contributed by atoms with E-state index in [1.54, 1.807) is 0 Å². The minimum absolute atomic E-state index is 0.515. The number of hydrogen-bond donors (Lipinski definition) is 1. The lowest BCUT2D eigenvalue weighted by Crippen LogP contribution is -2.39. The summed E-state index contributed by atoms with van der Waals surface area (Å²) in [4.78, 5) is 6.88. The maximum atomic E-state index is 4.35. The summed E-state index contributed by atoms with van der Waals surface area (Å²) in [5, 5.41) is 3.61. The molecule has 1 aliphatic rings. The number of anilines is 1. The predicted octanol–water partition coefficient (Wildman–Crippen LogP) is 3.68. The summed E-state index contributed by atoms with van der Waals surface area (Å²) < 4.78 is 0.932. The molecule has 1 aliphatic heterocycles. The Morgan fingerprint density at radius 3 is 2.74 bits per heavy atom. The Morgan fingerprint density at radius 2 is 2.16 bits per heavy atom. The van der Waals surface area contributed by atoms with Gasteiger partial charge in [0.1, 0.15) is 4.60 Å². The molecule has 1 unspecified atom stereocenters. The van der Waals surface area contributed by atoms with Crippen molar-refractivity contribution in [3.8, 4) is 0 Å². The molecule has 1 fully saturated rings. The average molecular weight is 326 g/mol. The van der Waals surface area contributed by atoms with Gasteiger partial charge >= 0.3 is 0 Å². The highest BCUT2D eigenvalue weighted by molar-refractivity contribution is 9.10. The predicted molar refractivity (Wildman–Crippen MR) is 84.6 cm³/mol. The van der Waals surface area contributed by atoms with Crippen molar-refractivity contribution in [3.63, 3.8) is 0 Å². The number of piperidine rings is 1. The molecule has 4 heteroatoms. The van der Waals surface area contributed by atoms with Crippen molar-refractivity contribution >= 4 is 21.6 Å². The van der Waals surface area contributed by atoms with E-state index in [-0.39, 0.29) is 0 Å². The van der Waals surface area contributed by atoms with Crippen LogP contribution in [0.4, 0.5) is 5.69 Å². The number of nitrogens with zero attached hydrogens (tertiary/aromatic N) is 2. The van der Waals surface area contributed by atoms with Crippen molar-refractivity contribution in [3.05, 3.63) is 22.4 Å². The standard InChI is InChI=1S/C15H24BrN3/c1-4-19-7-5-13(6-8-19)12(3)18-14-9-11(2)15(16)17-10-14/h9-10,12-13,18H,4-8H2,1-3H3. The Balaban J connectivity index is 1.90. The number of rotatable bonds is 4. The minimum Gasteiger partial charge on any atom is -0.381 e. The van der Waals surface area contributed by atoms with Crippen LogP contribution in [0.25, 0.3) is 0 Å². The van der Waals surface area contributed by atoms with E-state index in [1.165, 1.54) is 38.0 Å². The van der Waals surface area contributed by atoms with Gasteiger partial charge in [0, 0.05) is 6.04 Å². The Hall–Kier alpha value is -0.610. The van der Waals surface area contributed by atoms with E-state index >= 15 is 0 Å². The van der Waals surface area contributed by atoms with E-state index in [1.807, 2.05) is 6.20 Å². The highest BCUT2D eigenvalue weighted by Gasteiger charge is 2.23. The lowest BCUT2D eigenvalue weighted by atomic mass is 9.90. The first kappa shape index (κ1) is 14.8. The van der Waals surface area contributed by atoms with Gasteiger partial charge in [-0.2, -0.15) is 0 Å². The molecular weight excluding hydrogens is 302 g/mol. The normalized spacial score (nSPS) is 19.4. The van der Waals surface area contributed by atoms with Crippen LogP contribution in [0.5, 0.6) is 0 Å². The fourth-order valence-corrected chi connectivity index (χ4v) is 3.00. The molecular formula is C15H24BrN3. The molecule has 106 valence electrons. The van der Waals surface area contributed by atoms with Crippen molar-refractivity contribution in [2.75, 3.05) is 25.0 Å². The van der Waals surface area contributed by atoms with Crippen LogP contribution >= 0.6 is 15.9 Å². The fraction of sp³-hybridized carbons (Fsp3) is 0.667. The lowest BCUT2D eigenvalue weighted by molar-refractivity contribution is 0.183. The molecule has 0 spiro atoms. The van der Waals surface area contributed by atoms with Crippen LogP contribution in [0.2, 0.25) is 0 Å². The number of nitrogens with one attached hydrogen (secondary N) is 1. The zero-order valence-electron chi connectivity index (χ0n) is 12.1. The number of halogens is 1. The quantitative estimate of drug-likeness (QED) is 0.856. The van der Waals surface area contributed by atoms with Gasteiger partial charge in [0.25, 0.3) is 0 Å². The molecule has 0 aliphatic carbocycles. The van der Waals surface area contributed by atoms with Crippen molar-refractivity contribution < 1.29 is 0 Å². The third-order valence-corrected chi connectivity index (χ3v) is 5.03. The molecule has 19 heavy (non-hydrogen) atoms. The maximum Gasteiger partial charge on any atom is 0.109 e. The zero-order chi connectivity index (χ0) is 13.8. The summed E-state index contributed by atoms with van der Waals surface area (Å²) in [6.07, 6.45) is 4.50. The molecule has 0 saturated carbocycles. The summed E-state index contributed by atoms with van der Waals surface area (Å²) in [5.74, 6) is 0.770. The number of likely N-dealkylation sites (tertiary alicyclic amines) is 1. The Morgan fingerprint density at radius 1 is 1.47 bits per heavy atom. The van der Waals surface area contributed by atoms with Crippen LogP contribution in [0, 0.1) is 12.8 Å². The van der Waals surface area contributed by atoms with Gasteiger partial charge < -0.3 is 10.2 Å². The van der Waals surface area contributed by atoms with Crippen molar-refractivity contribution in [2.45, 2.75) is 39.7 Å². The van der Waals surface area contributed by atoms with Crippen LogP contribution in [-0.2, 0) is 0 Å². The van der Waals surface area contributed by atoms with Gasteiger partial charge in [-0.25, -0.2) is 4.98 Å². The molecule has 3 nitrogen and oxygen atoms in total. The molecule has 1 saturated heterocycles. The van der Waals surface area contributed by atoms with Gasteiger partial charge in [-0.15, -0.1) is 0 Å². The van der Waals surface area contributed by atoms with E-state index in [9.17, 15) is 0 Å². The van der Waals surface area contributed by atoms with Crippen LogP contribution in [0.15, 0.2) is 16.9 Å². The number of aryl methyl sites for hydroxylation is 1. The average Bonchev–Trinajstić information content (AvgIpc) is 2.43. The highest BCUT2D eigenvalue weighted by Crippen LogP contribution is 2.24. The first-order chi connectivity index (χ1) is 9.10. The minimum atomic E-state index is 0.515. The lowest BCUT2D eigenvalue weighted by Gasteiger charge is -2.34. The summed E-state index contributed by atoms with van der Waals surface area (Å²) in [7, 11) is 0. The molecule has 2 rings (SSSR count). The van der Waals surface area contributed by atoms with Crippen LogP contribution < -0.4 is 5.32 Å². The molecule has 0 radical (unpaired) electrons. The second kappa shape index (κ2) is 6.71. The third kappa shape index (κ3) is 3.93. The van der Waals surface area contributed by atoms with Crippen molar-refractivity contribution in [2.24, 2.45) is 5.92 Å². The second-order valence-electron chi connectivity index (χ2n) is 5.54. The molecule has 2 heterocycles. The third-order valence-electron chi connectivity index (χ3n) is 4.20. The van der Waals surface area contributed by atoms with Crippen molar-refractivity contribution in [1.29, 1.82) is 0 Å². The molecule has 1 aromatic heterocycles. The first-order valence-electron chi connectivity index (χ1n) is 7.21. The smallest absolute Gasteiger partial charge is 0.109 e. The summed E-state index contributed by atoms with van der Waals surface area (Å²) in [5.41, 5.74) is 2.31. The van der Waals surface area contributed by atoms with Gasteiger partial charge in [-0.1, -0.05) is 6.92 Å². The number of pyridine rings is 1. The van der Waals surface area contributed by atoms with Gasteiger partial charge in [-0.3, -0.25) is 0 Å². The largest absolute Gasteiger partial charge is 0.381 e. The number of aromatic nitrogens is 1. The van der Waals surface area contributed by atoms with Crippen LogP contribution in [0.1, 0.15) is 32.3 Å². The van der Waals surface area contributed by atoms with E-state index in [0.29, 0.717) is 6.04 Å². The molecule has 0 amide bonds. The molecule has 0 bridgehead atoms. The first-order valence-corrected chi connectivity index (χ1v) is 8.00. The van der Waals surface area contributed by atoms with Gasteiger partial charge in [0.05, 0.1) is 11.9 Å². The zero-order valence-corrected chi connectivity index (χ0v) is 13.7. The van der Waals surface area contributed by atoms with E-state index in [4.69, 9.17) is 0 Å². The number of hydrogen-bond acceptors (Lipinski definition) is 3.